The van der Waals surface area contributed by atoms with Gasteiger partial charge in [-0.1, -0.05) is 20.8 Å². The van der Waals surface area contributed by atoms with E-state index in [0.29, 0.717) is 19.3 Å². The molecule has 0 amide bonds. The van der Waals surface area contributed by atoms with Crippen LogP contribution in [0.4, 0.5) is 0 Å². The van der Waals surface area contributed by atoms with Crippen LogP contribution in [0.15, 0.2) is 0 Å². The van der Waals surface area contributed by atoms with Crippen LogP contribution in [0.1, 0.15) is 67.2 Å². The molecule has 2 aliphatic carbocycles. The summed E-state index contributed by atoms with van der Waals surface area (Å²) in [4.78, 5) is 37.0. The number of ether oxygens (including phenoxy) is 3. The molecule has 7 heteroatoms. The Balaban J connectivity index is 1.98. The van der Waals surface area contributed by atoms with Crippen molar-refractivity contribution in [1.82, 2.24) is 0 Å². The van der Waals surface area contributed by atoms with Crippen molar-refractivity contribution < 1.29 is 33.7 Å². The van der Waals surface area contributed by atoms with E-state index < -0.39 is 47.6 Å². The van der Waals surface area contributed by atoms with Crippen molar-refractivity contribution in [3.05, 3.63) is 0 Å². The zero-order chi connectivity index (χ0) is 21.7. The van der Waals surface area contributed by atoms with E-state index in [9.17, 15) is 19.5 Å². The van der Waals surface area contributed by atoms with E-state index in [-0.39, 0.29) is 23.4 Å². The number of hydrogen-bond donors (Lipinski definition) is 1. The number of hydrogen-bond acceptors (Lipinski definition) is 7. The first kappa shape index (κ1) is 22.1. The lowest BCUT2D eigenvalue weighted by molar-refractivity contribution is -0.238. The lowest BCUT2D eigenvalue weighted by atomic mass is 9.43. The summed E-state index contributed by atoms with van der Waals surface area (Å²) in [6, 6.07) is 0. The minimum Gasteiger partial charge on any atom is -0.460 e. The van der Waals surface area contributed by atoms with Crippen molar-refractivity contribution >= 4 is 17.9 Å². The molecule has 1 aliphatic heterocycles. The monoisotopic (exact) mass is 410 g/mol. The molecule has 0 spiro atoms. The Morgan fingerprint density at radius 3 is 2.48 bits per heavy atom. The van der Waals surface area contributed by atoms with Crippen LogP contribution in [0.25, 0.3) is 0 Å². The van der Waals surface area contributed by atoms with Gasteiger partial charge in [0.25, 0.3) is 0 Å². The van der Waals surface area contributed by atoms with E-state index >= 15 is 0 Å². The predicted octanol–water partition coefficient (Wildman–Crippen LogP) is 2.62. The zero-order valence-corrected chi connectivity index (χ0v) is 18.3. The standard InChI is InChI=1S/C22H34O7/c1-11(2)27-20(26)16-10-22(6)14(19(25)29-16)7-8-21(5)12(3)9-15(28-13(4)23)17(24)18(21)22/h11-12,14-18,24H,7-10H2,1-6H3. The summed E-state index contributed by atoms with van der Waals surface area (Å²) in [5.74, 6) is -1.89. The number of esters is 3. The van der Waals surface area contributed by atoms with Gasteiger partial charge in [0.05, 0.1) is 18.1 Å². The highest BCUT2D eigenvalue weighted by molar-refractivity contribution is 5.83. The Hall–Kier alpha value is -1.63. The smallest absolute Gasteiger partial charge is 0.347 e. The third-order valence-electron chi connectivity index (χ3n) is 7.72. The van der Waals surface area contributed by atoms with Crippen LogP contribution in [-0.4, -0.2) is 47.4 Å². The van der Waals surface area contributed by atoms with Crippen molar-refractivity contribution in [2.45, 2.75) is 91.6 Å². The van der Waals surface area contributed by atoms with Gasteiger partial charge in [-0.15, -0.1) is 0 Å². The van der Waals surface area contributed by atoms with Crippen molar-refractivity contribution in [1.29, 1.82) is 0 Å². The maximum atomic E-state index is 12.9. The highest BCUT2D eigenvalue weighted by Gasteiger charge is 2.66. The minimum absolute atomic E-state index is 0.192. The quantitative estimate of drug-likeness (QED) is 0.564. The van der Waals surface area contributed by atoms with Crippen LogP contribution in [0, 0.1) is 28.6 Å². The lowest BCUT2D eigenvalue weighted by Crippen LogP contribution is -2.66. The summed E-state index contributed by atoms with van der Waals surface area (Å²) < 4.78 is 16.2. The second-order valence-corrected chi connectivity index (χ2v) is 9.97. The summed E-state index contributed by atoms with van der Waals surface area (Å²) in [5.41, 5.74) is -0.888. The highest BCUT2D eigenvalue weighted by atomic mass is 16.6. The first-order valence-electron chi connectivity index (χ1n) is 10.7. The van der Waals surface area contributed by atoms with Crippen molar-refractivity contribution in [3.8, 4) is 0 Å². The second-order valence-electron chi connectivity index (χ2n) is 9.97. The molecule has 1 heterocycles. The van der Waals surface area contributed by atoms with Gasteiger partial charge < -0.3 is 19.3 Å². The van der Waals surface area contributed by atoms with Crippen LogP contribution < -0.4 is 0 Å². The fourth-order valence-electron chi connectivity index (χ4n) is 6.31. The van der Waals surface area contributed by atoms with E-state index in [2.05, 4.69) is 13.8 Å². The normalized spacial score (nSPS) is 44.3. The Labute approximate surface area is 172 Å². The third-order valence-corrected chi connectivity index (χ3v) is 7.72. The van der Waals surface area contributed by atoms with Crippen molar-refractivity contribution in [2.24, 2.45) is 28.6 Å². The second kappa shape index (κ2) is 7.56. The first-order valence-corrected chi connectivity index (χ1v) is 10.7. The summed E-state index contributed by atoms with van der Waals surface area (Å²) >= 11 is 0. The summed E-state index contributed by atoms with van der Waals surface area (Å²) in [5, 5.41) is 11.3. The van der Waals surface area contributed by atoms with Gasteiger partial charge in [0.1, 0.15) is 6.10 Å². The molecule has 8 atom stereocenters. The predicted molar refractivity (Wildman–Crippen MR) is 103 cm³/mol. The molecule has 8 unspecified atom stereocenters. The fourth-order valence-corrected chi connectivity index (χ4v) is 6.31. The molecular formula is C22H34O7. The zero-order valence-electron chi connectivity index (χ0n) is 18.3. The van der Waals surface area contributed by atoms with E-state index in [4.69, 9.17) is 14.2 Å². The van der Waals surface area contributed by atoms with E-state index in [1.165, 1.54) is 6.92 Å². The molecule has 29 heavy (non-hydrogen) atoms. The number of aliphatic hydroxyl groups is 1. The molecule has 1 saturated heterocycles. The van der Waals surface area contributed by atoms with Gasteiger partial charge in [0.15, 0.2) is 6.10 Å². The largest absolute Gasteiger partial charge is 0.460 e. The van der Waals surface area contributed by atoms with Gasteiger partial charge in [-0.05, 0) is 49.9 Å². The highest BCUT2D eigenvalue weighted by Crippen LogP contribution is 2.64. The first-order chi connectivity index (χ1) is 13.4. The minimum atomic E-state index is -0.981. The summed E-state index contributed by atoms with van der Waals surface area (Å²) in [6.45, 7) is 11.1. The maximum absolute atomic E-state index is 12.9. The molecular weight excluding hydrogens is 376 g/mol. The van der Waals surface area contributed by atoms with Gasteiger partial charge >= 0.3 is 17.9 Å². The molecule has 7 nitrogen and oxygen atoms in total. The van der Waals surface area contributed by atoms with E-state index in [1.807, 2.05) is 6.92 Å². The maximum Gasteiger partial charge on any atom is 0.347 e. The van der Waals surface area contributed by atoms with Crippen molar-refractivity contribution in [3.63, 3.8) is 0 Å². The number of aliphatic hydroxyl groups excluding tert-OH is 1. The molecule has 3 fully saturated rings. The van der Waals surface area contributed by atoms with Crippen LogP contribution in [0.3, 0.4) is 0 Å². The average Bonchev–Trinajstić information content (AvgIpc) is 2.57. The van der Waals surface area contributed by atoms with E-state index in [0.717, 1.165) is 6.42 Å². The number of cyclic esters (lactones) is 1. The number of rotatable bonds is 3. The molecule has 0 aromatic rings. The molecule has 0 radical (unpaired) electrons. The van der Waals surface area contributed by atoms with Crippen LogP contribution in [0.5, 0.6) is 0 Å². The average molecular weight is 411 g/mol. The van der Waals surface area contributed by atoms with Gasteiger partial charge in [0.2, 0.25) is 0 Å². The van der Waals surface area contributed by atoms with E-state index in [1.54, 1.807) is 13.8 Å². The molecule has 2 saturated carbocycles. The van der Waals surface area contributed by atoms with Gasteiger partial charge in [0, 0.05) is 19.3 Å². The lowest BCUT2D eigenvalue weighted by Gasteiger charge is -2.63. The number of fused-ring (bicyclic) bond motifs is 3. The van der Waals surface area contributed by atoms with Gasteiger partial charge in [-0.25, -0.2) is 4.79 Å². The number of carbonyl (C=O) groups is 3. The van der Waals surface area contributed by atoms with Gasteiger partial charge in [-0.2, -0.15) is 0 Å². The Morgan fingerprint density at radius 2 is 1.90 bits per heavy atom. The fraction of sp³-hybridized carbons (Fsp3) is 0.864. The molecule has 0 aromatic heterocycles. The number of carbonyl (C=O) groups excluding carboxylic acids is 3. The van der Waals surface area contributed by atoms with Gasteiger partial charge in [-0.3, -0.25) is 9.59 Å². The van der Waals surface area contributed by atoms with Crippen LogP contribution >= 0.6 is 0 Å². The molecule has 0 aromatic carbocycles. The molecule has 0 bridgehead atoms. The Morgan fingerprint density at radius 1 is 1.24 bits per heavy atom. The molecule has 1 N–H and O–H groups in total. The SMILES string of the molecule is CC(=O)OC1CC(C)C2(C)CCC3C(=O)OC(C(=O)OC(C)C)CC3(C)C2C1O. The topological polar surface area (TPSA) is 99.1 Å². The molecule has 3 aliphatic rings. The molecule has 164 valence electrons. The van der Waals surface area contributed by atoms with Crippen LogP contribution in [-0.2, 0) is 28.6 Å². The third kappa shape index (κ3) is 3.66. The molecule has 3 rings (SSSR count). The van der Waals surface area contributed by atoms with Crippen LogP contribution in [0.2, 0.25) is 0 Å². The Bertz CT molecular complexity index is 689. The Kier molecular flexibility index (Phi) is 5.75. The van der Waals surface area contributed by atoms with Crippen molar-refractivity contribution in [2.75, 3.05) is 0 Å². The summed E-state index contributed by atoms with van der Waals surface area (Å²) in [7, 11) is 0. The summed E-state index contributed by atoms with van der Waals surface area (Å²) in [6.07, 6.45) is -0.496.